The van der Waals surface area contributed by atoms with Crippen LogP contribution in [0.1, 0.15) is 30.4 Å². The van der Waals surface area contributed by atoms with Gasteiger partial charge in [0.15, 0.2) is 0 Å². The maximum absolute atomic E-state index is 15.6. The van der Waals surface area contributed by atoms with Crippen LogP contribution in [0.15, 0.2) is 36.4 Å². The molecule has 0 aromatic heterocycles. The summed E-state index contributed by atoms with van der Waals surface area (Å²) in [5, 5.41) is 10.4. The van der Waals surface area contributed by atoms with E-state index >= 15 is 4.39 Å². The van der Waals surface area contributed by atoms with Crippen molar-refractivity contribution in [3.8, 4) is 11.1 Å². The Hall–Kier alpha value is -2.57. The number of aliphatic hydroxyl groups is 1. The van der Waals surface area contributed by atoms with Gasteiger partial charge in [0.2, 0.25) is 9.92 Å². The van der Waals surface area contributed by atoms with E-state index in [0.29, 0.717) is 18.4 Å². The molecule has 1 saturated carbocycles. The SMILES string of the molecule is Cc1cc(F)cc(-c2cccc(C[C@H]3[C@@H](NS(=N)(=O)C(F)(F)F)CCN3C(=O)C(O)C3CC3)c2F)c1. The van der Waals surface area contributed by atoms with E-state index in [1.807, 2.05) is 4.72 Å². The molecule has 2 aromatic rings. The first kappa shape index (κ1) is 26.5. The zero-order valence-electron chi connectivity index (χ0n) is 19.3. The normalized spacial score (nSPS) is 22.9. The molecule has 2 fully saturated rings. The zero-order valence-corrected chi connectivity index (χ0v) is 20.1. The largest absolute Gasteiger partial charge is 0.492 e. The Morgan fingerprint density at radius 1 is 1.22 bits per heavy atom. The number of carbonyl (C=O) groups excluding carboxylic acids is 1. The van der Waals surface area contributed by atoms with Gasteiger partial charge in [0.1, 0.15) is 17.7 Å². The molecule has 1 amide bonds. The number of hydrogen-bond donors (Lipinski definition) is 3. The Bertz CT molecular complexity index is 1240. The summed E-state index contributed by atoms with van der Waals surface area (Å²) in [6.07, 6.45) is -0.371. The highest BCUT2D eigenvalue weighted by Gasteiger charge is 2.48. The van der Waals surface area contributed by atoms with E-state index in [0.717, 1.165) is 6.07 Å². The molecule has 2 unspecified atom stereocenters. The second kappa shape index (κ2) is 9.71. The lowest BCUT2D eigenvalue weighted by molar-refractivity contribution is -0.142. The highest BCUT2D eigenvalue weighted by atomic mass is 32.2. The first-order valence-corrected chi connectivity index (χ1v) is 13.0. The highest BCUT2D eigenvalue weighted by molar-refractivity contribution is 7.91. The average molecular weight is 532 g/mol. The van der Waals surface area contributed by atoms with Crippen molar-refractivity contribution in [2.45, 2.75) is 56.3 Å². The number of benzene rings is 2. The summed E-state index contributed by atoms with van der Waals surface area (Å²) in [5.74, 6) is -2.21. The van der Waals surface area contributed by atoms with Gasteiger partial charge in [0, 0.05) is 18.2 Å². The van der Waals surface area contributed by atoms with Crippen LogP contribution in [0.5, 0.6) is 0 Å². The van der Waals surface area contributed by atoms with E-state index in [-0.39, 0.29) is 42.0 Å². The van der Waals surface area contributed by atoms with Crippen molar-refractivity contribution >= 4 is 15.8 Å². The van der Waals surface area contributed by atoms with E-state index in [1.165, 1.54) is 29.2 Å². The summed E-state index contributed by atoms with van der Waals surface area (Å²) in [6.45, 7) is 1.60. The molecule has 12 heteroatoms. The maximum atomic E-state index is 15.6. The number of rotatable bonds is 7. The van der Waals surface area contributed by atoms with Gasteiger partial charge < -0.3 is 10.0 Å². The molecule has 1 aliphatic heterocycles. The third-order valence-corrected chi connectivity index (χ3v) is 7.94. The summed E-state index contributed by atoms with van der Waals surface area (Å²) in [6, 6.07) is 6.07. The quantitative estimate of drug-likeness (QED) is 0.466. The lowest BCUT2D eigenvalue weighted by atomic mass is 9.95. The standard InChI is InChI=1S/C24H26F5N3O3S/c1-13-9-16(11-17(25)10-13)18-4-2-3-15(21(18)26)12-20-19(31-36(30,35)24(27,28)29)7-8-32(20)23(34)22(33)14-5-6-14/h2-4,9-11,14,19-20,22,33H,5-8,12H2,1H3,(H2,30,31,35)/t19-,20-,22?,36?/m0/s1. The number of likely N-dealkylation sites (tertiary alicyclic amines) is 1. The Morgan fingerprint density at radius 2 is 1.92 bits per heavy atom. The van der Waals surface area contributed by atoms with Gasteiger partial charge >= 0.3 is 5.51 Å². The molecule has 0 spiro atoms. The summed E-state index contributed by atoms with van der Waals surface area (Å²) < 4.78 is 90.2. The van der Waals surface area contributed by atoms with E-state index in [4.69, 9.17) is 4.78 Å². The van der Waals surface area contributed by atoms with Crippen molar-refractivity contribution in [2.75, 3.05) is 6.54 Å². The second-order valence-corrected chi connectivity index (χ2v) is 11.2. The van der Waals surface area contributed by atoms with Crippen molar-refractivity contribution in [2.24, 2.45) is 5.92 Å². The Morgan fingerprint density at radius 3 is 2.53 bits per heavy atom. The molecular weight excluding hydrogens is 505 g/mol. The van der Waals surface area contributed by atoms with E-state index in [9.17, 15) is 31.7 Å². The van der Waals surface area contributed by atoms with Crippen molar-refractivity contribution in [1.29, 1.82) is 4.78 Å². The zero-order chi connectivity index (χ0) is 26.4. The molecular formula is C24H26F5N3O3S. The van der Waals surface area contributed by atoms with Crippen LogP contribution in [-0.4, -0.2) is 50.4 Å². The molecule has 36 heavy (non-hydrogen) atoms. The summed E-state index contributed by atoms with van der Waals surface area (Å²) in [5.41, 5.74) is -4.37. The smallest absolute Gasteiger partial charge is 0.383 e. The fraction of sp³-hybridized carbons (Fsp3) is 0.458. The molecule has 4 rings (SSSR count). The predicted molar refractivity (Wildman–Crippen MR) is 123 cm³/mol. The summed E-state index contributed by atoms with van der Waals surface area (Å²) in [7, 11) is -5.24. The second-order valence-electron chi connectivity index (χ2n) is 9.40. The van der Waals surface area contributed by atoms with Crippen molar-refractivity contribution in [1.82, 2.24) is 9.62 Å². The number of aliphatic hydroxyl groups excluding tert-OH is 1. The molecule has 4 atom stereocenters. The van der Waals surface area contributed by atoms with Crippen LogP contribution >= 0.6 is 0 Å². The highest BCUT2D eigenvalue weighted by Crippen LogP contribution is 2.36. The van der Waals surface area contributed by atoms with Crippen LogP contribution in [0, 0.1) is 29.3 Å². The average Bonchev–Trinajstić information content (AvgIpc) is 3.55. The van der Waals surface area contributed by atoms with Crippen molar-refractivity contribution in [3.05, 3.63) is 59.2 Å². The van der Waals surface area contributed by atoms with Crippen molar-refractivity contribution in [3.63, 3.8) is 0 Å². The van der Waals surface area contributed by atoms with Crippen LogP contribution in [0.2, 0.25) is 0 Å². The molecule has 2 aliphatic rings. The van der Waals surface area contributed by atoms with E-state index in [2.05, 4.69) is 0 Å². The number of amides is 1. The first-order chi connectivity index (χ1) is 16.8. The topological polar surface area (TPSA) is 93.5 Å². The van der Waals surface area contributed by atoms with Gasteiger partial charge in [-0.1, -0.05) is 24.3 Å². The Kier molecular flexibility index (Phi) is 7.15. The van der Waals surface area contributed by atoms with Gasteiger partial charge in [-0.3, -0.25) is 4.79 Å². The Labute approximate surface area is 205 Å². The minimum atomic E-state index is -5.34. The molecule has 0 bridgehead atoms. The molecule has 3 N–H and O–H groups in total. The molecule has 1 saturated heterocycles. The summed E-state index contributed by atoms with van der Waals surface area (Å²) in [4.78, 5) is 14.1. The number of aryl methyl sites for hydroxylation is 1. The monoisotopic (exact) mass is 531 g/mol. The molecule has 196 valence electrons. The lowest BCUT2D eigenvalue weighted by Gasteiger charge is -2.31. The first-order valence-electron chi connectivity index (χ1n) is 11.4. The number of alkyl halides is 3. The lowest BCUT2D eigenvalue weighted by Crippen LogP contribution is -2.52. The van der Waals surface area contributed by atoms with E-state index < -0.39 is 51.2 Å². The number of halogens is 5. The molecule has 6 nitrogen and oxygen atoms in total. The molecule has 0 radical (unpaired) electrons. The summed E-state index contributed by atoms with van der Waals surface area (Å²) >= 11 is 0. The number of carbonyl (C=O) groups is 1. The fourth-order valence-electron chi connectivity index (χ4n) is 4.66. The maximum Gasteiger partial charge on any atom is 0.492 e. The number of nitrogens with zero attached hydrogens (tertiary/aromatic N) is 1. The molecule has 2 aromatic carbocycles. The van der Waals surface area contributed by atoms with E-state index in [1.54, 1.807) is 13.0 Å². The number of hydrogen-bond acceptors (Lipinski definition) is 4. The third kappa shape index (κ3) is 5.40. The van der Waals surface area contributed by atoms with Crippen LogP contribution in [0.25, 0.3) is 11.1 Å². The molecule has 1 aliphatic carbocycles. The minimum Gasteiger partial charge on any atom is -0.383 e. The van der Waals surface area contributed by atoms with Gasteiger partial charge in [0.05, 0.1) is 6.04 Å². The van der Waals surface area contributed by atoms with Crippen LogP contribution < -0.4 is 4.72 Å². The van der Waals surface area contributed by atoms with Gasteiger partial charge in [-0.25, -0.2) is 22.5 Å². The van der Waals surface area contributed by atoms with Gasteiger partial charge in [-0.15, -0.1) is 0 Å². The third-order valence-electron chi connectivity index (χ3n) is 6.65. The predicted octanol–water partition coefficient (Wildman–Crippen LogP) is 4.29. The van der Waals surface area contributed by atoms with Gasteiger partial charge in [0.25, 0.3) is 5.91 Å². The fourth-order valence-corrected chi connectivity index (χ4v) is 5.49. The van der Waals surface area contributed by atoms with Crippen LogP contribution in [-0.2, 0) is 21.1 Å². The molecule has 1 heterocycles. The van der Waals surface area contributed by atoms with Crippen LogP contribution in [0.4, 0.5) is 22.0 Å². The van der Waals surface area contributed by atoms with Gasteiger partial charge in [-0.2, -0.15) is 13.2 Å². The number of nitrogens with one attached hydrogen (secondary N) is 2. The van der Waals surface area contributed by atoms with Crippen molar-refractivity contribution < 1.29 is 36.1 Å². The van der Waals surface area contributed by atoms with Crippen LogP contribution in [0.3, 0.4) is 0 Å². The van der Waals surface area contributed by atoms with Gasteiger partial charge in [-0.05, 0) is 67.3 Å². The Balaban J connectivity index is 1.68. The minimum absolute atomic E-state index is 0.0512.